The molecule has 2 aromatic heterocycles. The average Bonchev–Trinajstić information content (AvgIpc) is 3.32. The van der Waals surface area contributed by atoms with E-state index in [-0.39, 0.29) is 23.0 Å². The van der Waals surface area contributed by atoms with E-state index < -0.39 is 24.2 Å². The van der Waals surface area contributed by atoms with Crippen molar-refractivity contribution < 1.29 is 18.0 Å². The Morgan fingerprint density at radius 2 is 1.97 bits per heavy atom. The summed E-state index contributed by atoms with van der Waals surface area (Å²) in [5.41, 5.74) is 1.76. The molecule has 3 heterocycles. The van der Waals surface area contributed by atoms with E-state index >= 15 is 0 Å². The normalized spacial score (nSPS) is 19.4. The number of fused-ring (bicyclic) bond motifs is 2. The van der Waals surface area contributed by atoms with Crippen LogP contribution in [0.3, 0.4) is 0 Å². The molecule has 0 fully saturated rings. The van der Waals surface area contributed by atoms with Crippen LogP contribution in [-0.4, -0.2) is 21.9 Å². The highest BCUT2D eigenvalue weighted by Gasteiger charge is 2.47. The summed E-state index contributed by atoms with van der Waals surface area (Å²) in [4.78, 5) is 14.1. The highest BCUT2D eigenvalue weighted by molar-refractivity contribution is 7.16. The van der Waals surface area contributed by atoms with E-state index in [1.54, 1.807) is 6.07 Å². The summed E-state index contributed by atoms with van der Waals surface area (Å²) in [7, 11) is 0. The zero-order chi connectivity index (χ0) is 25.6. The first-order valence-corrected chi connectivity index (χ1v) is 13.0. The molecule has 0 saturated carbocycles. The van der Waals surface area contributed by atoms with Crippen molar-refractivity contribution in [3.8, 4) is 6.07 Å². The maximum Gasteiger partial charge on any atom is 0.410 e. The lowest BCUT2D eigenvalue weighted by Gasteiger charge is -2.33. The van der Waals surface area contributed by atoms with Gasteiger partial charge in [0.1, 0.15) is 16.9 Å². The molecule has 188 valence electrons. The summed E-state index contributed by atoms with van der Waals surface area (Å²) < 4.78 is 42.8. The average molecular weight is 554 g/mol. The lowest BCUT2D eigenvalue weighted by molar-refractivity contribution is -0.173. The number of nitriles is 1. The molecule has 12 heteroatoms. The molecule has 2 aliphatic rings. The fourth-order valence-electron chi connectivity index (χ4n) is 4.75. The van der Waals surface area contributed by atoms with Gasteiger partial charge >= 0.3 is 6.18 Å². The molecule has 0 bridgehead atoms. The fraction of sp³-hybridized carbons (Fsp3) is 0.375. The number of amides is 1. The van der Waals surface area contributed by atoms with Gasteiger partial charge in [-0.3, -0.25) is 4.79 Å². The Morgan fingerprint density at radius 3 is 2.69 bits per heavy atom. The van der Waals surface area contributed by atoms with E-state index in [0.717, 1.165) is 47.2 Å². The SMILES string of the molecule is N#Cc1c(NC(=O)c2cc3n(n2)[C@@H](C(F)(F)F)C[C@@H](c2ccc(Cl)c(Cl)c2)N3)sc2c1CCCCC2. The number of hydrogen-bond donors (Lipinski definition) is 2. The standard InChI is InChI=1S/C24H20Cl2F3N5OS/c25-15-7-6-12(8-16(15)26)17-9-20(24(27,28)29)34-21(31-17)10-18(33-34)22(35)32-23-14(11-30)13-4-2-1-3-5-19(13)36-23/h6-8,10,17,20,31H,1-5,9H2,(H,32,35)/t17-,20+/m0/s1. The Bertz CT molecular complexity index is 1380. The Balaban J connectivity index is 1.45. The first kappa shape index (κ1) is 24.9. The van der Waals surface area contributed by atoms with Gasteiger partial charge in [-0.05, 0) is 48.9 Å². The van der Waals surface area contributed by atoms with Gasteiger partial charge in [0.2, 0.25) is 0 Å². The predicted molar refractivity (Wildman–Crippen MR) is 133 cm³/mol. The van der Waals surface area contributed by atoms with Crippen molar-refractivity contribution in [2.75, 3.05) is 10.6 Å². The summed E-state index contributed by atoms with van der Waals surface area (Å²) in [6.07, 6.45) is -0.232. The molecule has 2 atom stereocenters. The van der Waals surface area contributed by atoms with Crippen LogP contribution in [0.2, 0.25) is 10.0 Å². The zero-order valence-corrected chi connectivity index (χ0v) is 21.1. The van der Waals surface area contributed by atoms with Gasteiger partial charge in [0, 0.05) is 17.4 Å². The molecule has 3 aromatic rings. The fourth-order valence-corrected chi connectivity index (χ4v) is 6.29. The number of carbonyl (C=O) groups excluding carboxylic acids is 1. The lowest BCUT2D eigenvalue weighted by atomic mass is 9.97. The number of nitrogens with one attached hydrogen (secondary N) is 2. The molecule has 1 amide bonds. The Morgan fingerprint density at radius 1 is 1.19 bits per heavy atom. The summed E-state index contributed by atoms with van der Waals surface area (Å²) in [6, 6.07) is 5.49. The van der Waals surface area contributed by atoms with E-state index in [1.807, 2.05) is 0 Å². The number of benzene rings is 1. The number of rotatable bonds is 3. The van der Waals surface area contributed by atoms with Gasteiger partial charge < -0.3 is 10.6 Å². The number of aryl methyl sites for hydroxylation is 1. The summed E-state index contributed by atoms with van der Waals surface area (Å²) >= 11 is 13.4. The zero-order valence-electron chi connectivity index (χ0n) is 18.8. The van der Waals surface area contributed by atoms with Crippen LogP contribution in [0.1, 0.15) is 69.8 Å². The minimum Gasteiger partial charge on any atom is -0.363 e. The minimum atomic E-state index is -4.59. The molecule has 2 N–H and O–H groups in total. The maximum absolute atomic E-state index is 14.0. The van der Waals surface area contributed by atoms with Gasteiger partial charge in [-0.2, -0.15) is 23.5 Å². The van der Waals surface area contributed by atoms with Crippen molar-refractivity contribution >= 4 is 51.3 Å². The van der Waals surface area contributed by atoms with Gasteiger partial charge in [0.15, 0.2) is 11.7 Å². The van der Waals surface area contributed by atoms with Crippen molar-refractivity contribution in [2.45, 2.75) is 56.8 Å². The van der Waals surface area contributed by atoms with Crippen molar-refractivity contribution in [3.05, 3.63) is 61.6 Å². The van der Waals surface area contributed by atoms with Crippen LogP contribution >= 0.6 is 34.5 Å². The topological polar surface area (TPSA) is 82.7 Å². The first-order chi connectivity index (χ1) is 17.2. The van der Waals surface area contributed by atoms with E-state index in [9.17, 15) is 23.2 Å². The van der Waals surface area contributed by atoms with Crippen molar-refractivity contribution in [2.24, 2.45) is 0 Å². The van der Waals surface area contributed by atoms with Gasteiger partial charge in [-0.15, -0.1) is 11.3 Å². The second kappa shape index (κ2) is 9.61. The molecule has 0 spiro atoms. The Labute approximate surface area is 219 Å². The molecule has 5 rings (SSSR count). The van der Waals surface area contributed by atoms with Crippen LogP contribution in [0.5, 0.6) is 0 Å². The van der Waals surface area contributed by atoms with Gasteiger partial charge in [0.05, 0.1) is 21.7 Å². The number of carbonyl (C=O) groups is 1. The van der Waals surface area contributed by atoms with Crippen LogP contribution in [-0.2, 0) is 12.8 Å². The maximum atomic E-state index is 14.0. The number of alkyl halides is 3. The lowest BCUT2D eigenvalue weighted by Crippen LogP contribution is -2.35. The third-order valence-electron chi connectivity index (χ3n) is 6.53. The van der Waals surface area contributed by atoms with Gasteiger partial charge in [0.25, 0.3) is 5.91 Å². The minimum absolute atomic E-state index is 0.0623. The molecule has 0 radical (unpaired) electrons. The van der Waals surface area contributed by atoms with Gasteiger partial charge in [-0.1, -0.05) is 35.7 Å². The molecule has 0 saturated heterocycles. The van der Waals surface area contributed by atoms with E-state index in [1.165, 1.54) is 29.5 Å². The molecule has 1 aliphatic carbocycles. The highest BCUT2D eigenvalue weighted by atomic mass is 35.5. The smallest absolute Gasteiger partial charge is 0.363 e. The summed E-state index contributed by atoms with van der Waals surface area (Å²) in [5.74, 6) is -0.606. The third-order valence-corrected chi connectivity index (χ3v) is 8.47. The molecular weight excluding hydrogens is 534 g/mol. The van der Waals surface area contributed by atoms with E-state index in [2.05, 4.69) is 21.8 Å². The number of anilines is 2. The third kappa shape index (κ3) is 4.67. The van der Waals surface area contributed by atoms with Crippen LogP contribution < -0.4 is 10.6 Å². The Hall–Kier alpha value is -2.74. The largest absolute Gasteiger partial charge is 0.410 e. The van der Waals surface area contributed by atoms with Crippen molar-refractivity contribution in [1.29, 1.82) is 5.26 Å². The van der Waals surface area contributed by atoms with E-state index in [4.69, 9.17) is 23.2 Å². The Kier molecular flexibility index (Phi) is 6.66. The number of thiophene rings is 1. The molecule has 1 aliphatic heterocycles. The quantitative estimate of drug-likeness (QED) is 0.333. The van der Waals surface area contributed by atoms with E-state index in [0.29, 0.717) is 21.2 Å². The molecule has 36 heavy (non-hydrogen) atoms. The van der Waals surface area contributed by atoms with Crippen LogP contribution in [0.25, 0.3) is 0 Å². The predicted octanol–water partition coefficient (Wildman–Crippen LogP) is 7.30. The summed E-state index contributed by atoms with van der Waals surface area (Å²) in [5, 5.41) is 20.4. The molecule has 1 aromatic carbocycles. The summed E-state index contributed by atoms with van der Waals surface area (Å²) in [6.45, 7) is 0. The van der Waals surface area contributed by atoms with Crippen LogP contribution in [0.15, 0.2) is 24.3 Å². The molecule has 0 unspecified atom stereocenters. The second-order valence-corrected chi connectivity index (χ2v) is 10.8. The monoisotopic (exact) mass is 553 g/mol. The second-order valence-electron chi connectivity index (χ2n) is 8.86. The highest BCUT2D eigenvalue weighted by Crippen LogP contribution is 2.44. The number of aromatic nitrogens is 2. The van der Waals surface area contributed by atoms with Crippen molar-refractivity contribution in [3.63, 3.8) is 0 Å². The number of nitrogens with zero attached hydrogens (tertiary/aromatic N) is 3. The van der Waals surface area contributed by atoms with Gasteiger partial charge in [-0.25, -0.2) is 4.68 Å². The first-order valence-electron chi connectivity index (χ1n) is 11.4. The molecule has 6 nitrogen and oxygen atoms in total. The van der Waals surface area contributed by atoms with Crippen molar-refractivity contribution in [1.82, 2.24) is 9.78 Å². The molecular formula is C24H20Cl2F3N5OS. The van der Waals surface area contributed by atoms with Crippen LogP contribution in [0, 0.1) is 11.3 Å². The van der Waals surface area contributed by atoms with Crippen LogP contribution in [0.4, 0.5) is 24.0 Å². The number of halogens is 5. The number of hydrogen-bond acceptors (Lipinski definition) is 5.